The summed E-state index contributed by atoms with van der Waals surface area (Å²) in [4.78, 5) is 0. The molecule has 0 radical (unpaired) electrons. The number of anilines is 1. The van der Waals surface area contributed by atoms with Gasteiger partial charge in [0, 0.05) is 0 Å². The molecule has 8 nitrogen and oxygen atoms in total. The van der Waals surface area contributed by atoms with Gasteiger partial charge in [-0.15, -0.1) is 0 Å². The molecule has 114 valence electrons. The van der Waals surface area contributed by atoms with E-state index in [2.05, 4.69) is 0 Å². The number of phenolic OH excluding ortho intramolecular Hbond substituents is 1. The Bertz CT molecular complexity index is 514. The topological polar surface area (TPSA) is 164 Å². The Kier molecular flexibility index (Phi) is 5.64. The van der Waals surface area contributed by atoms with Crippen molar-refractivity contribution >= 4 is 24.2 Å². The summed E-state index contributed by atoms with van der Waals surface area (Å²) in [6.45, 7) is 0. The van der Waals surface area contributed by atoms with Gasteiger partial charge in [-0.1, -0.05) is 0 Å². The number of nitrogens with two attached hydrogens (primary N) is 1. The molecule has 0 heterocycles. The zero-order chi connectivity index (χ0) is 15.5. The van der Waals surface area contributed by atoms with E-state index in [0.717, 1.165) is 6.07 Å². The number of aliphatic hydroxyl groups excluding tert-OH is 2. The van der Waals surface area contributed by atoms with E-state index in [4.69, 9.17) is 24.1 Å². The molecular weight excluding hydrogens is 333 g/mol. The molecule has 1 aromatic carbocycles. The van der Waals surface area contributed by atoms with Crippen molar-refractivity contribution in [3.05, 3.63) is 17.7 Å². The Morgan fingerprint density at radius 2 is 1.75 bits per heavy atom. The van der Waals surface area contributed by atoms with Crippen LogP contribution in [0.15, 0.2) is 12.1 Å². The van der Waals surface area contributed by atoms with Crippen LogP contribution >= 0.6 is 0 Å². The molecular formula is C11H18AsNO7. The number of phenols is 1. The zero-order valence-electron chi connectivity index (χ0n) is 10.5. The number of hydrogen-bond acceptors (Lipinski definition) is 6. The quantitative estimate of drug-likeness (QED) is 0.128. The van der Waals surface area contributed by atoms with Crippen LogP contribution in [0.25, 0.3) is 0 Å². The van der Waals surface area contributed by atoms with Crippen LogP contribution in [-0.2, 0) is 10.2 Å². The average Bonchev–Trinajstić information content (AvgIpc) is 2.31. The van der Waals surface area contributed by atoms with E-state index in [-0.39, 0.29) is 24.8 Å². The van der Waals surface area contributed by atoms with Crippen molar-refractivity contribution < 1.29 is 32.4 Å². The minimum atomic E-state index is -5.21. The number of rotatable bonds is 6. The maximum absolute atomic E-state index is 11.2. The molecule has 0 saturated heterocycles. The van der Waals surface area contributed by atoms with Crippen molar-refractivity contribution in [1.82, 2.24) is 0 Å². The summed E-state index contributed by atoms with van der Waals surface area (Å²) in [6, 6.07) is 2.40. The first-order valence-corrected chi connectivity index (χ1v) is 9.21. The summed E-state index contributed by atoms with van der Waals surface area (Å²) < 4.78 is 28.9. The monoisotopic (exact) mass is 351 g/mol. The van der Waals surface area contributed by atoms with Crippen molar-refractivity contribution in [3.63, 3.8) is 0 Å². The Hall–Kier alpha value is -1.02. The van der Waals surface area contributed by atoms with Crippen LogP contribution in [0.1, 0.15) is 18.4 Å². The van der Waals surface area contributed by atoms with Crippen LogP contribution in [0.3, 0.4) is 0 Å². The first kappa shape index (κ1) is 17.0. The summed E-state index contributed by atoms with van der Waals surface area (Å²) in [7, 11) is 0. The van der Waals surface area contributed by atoms with Crippen molar-refractivity contribution in [1.29, 1.82) is 0 Å². The normalized spacial score (nSPS) is 13.7. The third kappa shape index (κ3) is 4.52. The van der Waals surface area contributed by atoms with Gasteiger partial charge in [0.05, 0.1) is 0 Å². The van der Waals surface area contributed by atoms with Gasteiger partial charge in [-0.05, 0) is 0 Å². The van der Waals surface area contributed by atoms with Crippen molar-refractivity contribution in [2.45, 2.75) is 31.7 Å². The second-order valence-electron chi connectivity index (χ2n) is 4.47. The predicted octanol–water partition coefficient (Wildman–Crippen LogP) is -2.47. The molecule has 0 aliphatic carbocycles. The molecule has 0 spiro atoms. The number of benzene rings is 1. The van der Waals surface area contributed by atoms with E-state index in [1.807, 2.05) is 0 Å². The molecule has 1 rings (SSSR count). The number of nitrogen functional groups attached to an aromatic ring is 1. The van der Waals surface area contributed by atoms with E-state index in [0.29, 0.717) is 0 Å². The van der Waals surface area contributed by atoms with Gasteiger partial charge < -0.3 is 0 Å². The Labute approximate surface area is 118 Å². The second kappa shape index (κ2) is 6.62. The minimum absolute atomic E-state index is 0.0169. The van der Waals surface area contributed by atoms with E-state index in [1.165, 1.54) is 6.07 Å². The van der Waals surface area contributed by atoms with Gasteiger partial charge in [0.1, 0.15) is 0 Å². The molecule has 1 aromatic rings. The third-order valence-corrected chi connectivity index (χ3v) is 4.94. The molecule has 0 fully saturated rings. The van der Waals surface area contributed by atoms with E-state index in [9.17, 15) is 14.0 Å². The van der Waals surface area contributed by atoms with Crippen molar-refractivity contribution in [2.24, 2.45) is 0 Å². The average molecular weight is 351 g/mol. The van der Waals surface area contributed by atoms with Crippen LogP contribution in [0.4, 0.5) is 5.69 Å². The fourth-order valence-electron chi connectivity index (χ4n) is 1.76. The summed E-state index contributed by atoms with van der Waals surface area (Å²) in [6.07, 6.45) is -2.41. The summed E-state index contributed by atoms with van der Waals surface area (Å²) in [5.41, 5.74) is 5.31. The van der Waals surface area contributed by atoms with Crippen LogP contribution < -0.4 is 10.1 Å². The Morgan fingerprint density at radius 1 is 1.15 bits per heavy atom. The molecule has 9 heteroatoms. The van der Waals surface area contributed by atoms with Crippen molar-refractivity contribution in [2.75, 3.05) is 5.73 Å². The molecule has 0 aliphatic heterocycles. The van der Waals surface area contributed by atoms with Gasteiger partial charge in [0.25, 0.3) is 0 Å². The maximum atomic E-state index is 11.2. The molecule has 1 atom stereocenters. The zero-order valence-corrected chi connectivity index (χ0v) is 12.4. The van der Waals surface area contributed by atoms with Crippen LogP contribution in [0.2, 0.25) is 0 Å². The standard InChI is InChI=1S/C11H18AsNO7/c13-10-8(12(18,19)20)3-1-6(11(10)17)5-7(14)2-4-9(15)16/h1,3,7,9,14-17H,2,4-5,13H2,(H2,18,19,20). The molecule has 1 unspecified atom stereocenters. The van der Waals surface area contributed by atoms with Crippen molar-refractivity contribution in [3.8, 4) is 5.75 Å². The van der Waals surface area contributed by atoms with Crippen LogP contribution in [-0.4, -0.2) is 55.2 Å². The SMILES string of the molecule is Nc1c([As](=O)(O)O)ccc(CC(O)CCC(O)O)c1O. The fraction of sp³-hybridized carbons (Fsp3) is 0.455. The van der Waals surface area contributed by atoms with Gasteiger partial charge in [-0.2, -0.15) is 0 Å². The number of aromatic hydroxyl groups is 1. The van der Waals surface area contributed by atoms with E-state index < -0.39 is 42.4 Å². The molecule has 0 saturated carbocycles. The van der Waals surface area contributed by atoms with E-state index in [1.54, 1.807) is 0 Å². The molecule has 0 bridgehead atoms. The number of hydrogen-bond donors (Lipinski definition) is 7. The van der Waals surface area contributed by atoms with Gasteiger partial charge in [0.15, 0.2) is 0 Å². The van der Waals surface area contributed by atoms with Crippen LogP contribution in [0, 0.1) is 0 Å². The summed E-state index contributed by atoms with van der Waals surface area (Å²) >= 11 is -5.21. The predicted molar refractivity (Wildman–Crippen MR) is 70.2 cm³/mol. The van der Waals surface area contributed by atoms with Gasteiger partial charge in [-0.25, -0.2) is 0 Å². The molecule has 0 aromatic heterocycles. The Morgan fingerprint density at radius 3 is 2.25 bits per heavy atom. The summed E-state index contributed by atoms with van der Waals surface area (Å²) in [5, 5.41) is 36.8. The molecule has 0 aliphatic rings. The first-order valence-electron chi connectivity index (χ1n) is 5.83. The molecule has 0 amide bonds. The van der Waals surface area contributed by atoms with E-state index >= 15 is 0 Å². The summed E-state index contributed by atoms with van der Waals surface area (Å²) in [5.74, 6) is -0.476. The first-order chi connectivity index (χ1) is 9.12. The molecule has 20 heavy (non-hydrogen) atoms. The van der Waals surface area contributed by atoms with Gasteiger partial charge in [-0.3, -0.25) is 0 Å². The Balaban J connectivity index is 2.88. The molecule has 8 N–H and O–H groups in total. The third-order valence-electron chi connectivity index (χ3n) is 2.81. The van der Waals surface area contributed by atoms with Gasteiger partial charge in [0.2, 0.25) is 0 Å². The fourth-order valence-corrected chi connectivity index (χ4v) is 3.20. The van der Waals surface area contributed by atoms with Gasteiger partial charge >= 0.3 is 117 Å². The van der Waals surface area contributed by atoms with Crippen LogP contribution in [0.5, 0.6) is 5.75 Å². The second-order valence-corrected chi connectivity index (χ2v) is 7.76. The number of aliphatic hydroxyl groups is 3.